The molecule has 1 rings (SSSR count). The zero-order valence-corrected chi connectivity index (χ0v) is 7.44. The number of unbranched alkanes of at least 4 members (excludes halogenated alkanes) is 1. The third kappa shape index (κ3) is 5.21. The van der Waals surface area contributed by atoms with Crippen molar-refractivity contribution in [1.82, 2.24) is 0 Å². The quantitative estimate of drug-likeness (QED) is 0.633. The van der Waals surface area contributed by atoms with E-state index in [9.17, 15) is 8.42 Å². The molecule has 0 atom stereocenters. The molecule has 0 aromatic carbocycles. The number of rotatable bonds is 5. The van der Waals surface area contributed by atoms with E-state index in [-0.39, 0.29) is 5.75 Å². The smallest absolute Gasteiger partial charge is 0.209 e. The number of sulfonamides is 1. The summed E-state index contributed by atoms with van der Waals surface area (Å²) in [6, 6.07) is 0. The van der Waals surface area contributed by atoms with Gasteiger partial charge in [0.25, 0.3) is 0 Å². The molecule has 4 heteroatoms. The Labute approximate surface area is 68.0 Å². The van der Waals surface area contributed by atoms with E-state index < -0.39 is 10.0 Å². The van der Waals surface area contributed by atoms with Crippen molar-refractivity contribution in [1.29, 1.82) is 0 Å². The van der Waals surface area contributed by atoms with Gasteiger partial charge in [-0.05, 0) is 12.3 Å². The van der Waals surface area contributed by atoms with Gasteiger partial charge in [0.2, 0.25) is 10.0 Å². The molecule has 0 unspecified atom stereocenters. The number of hydrogen-bond donors (Lipinski definition) is 1. The highest BCUT2D eigenvalue weighted by atomic mass is 32.2. The molecule has 0 aliphatic heterocycles. The molecular weight excluding hydrogens is 162 g/mol. The van der Waals surface area contributed by atoms with Crippen molar-refractivity contribution in [2.24, 2.45) is 11.1 Å². The SMILES string of the molecule is NS(=O)(=O)CCCCC1CC1. The van der Waals surface area contributed by atoms with Crippen molar-refractivity contribution in [3.8, 4) is 0 Å². The normalized spacial score (nSPS) is 18.6. The number of hydrogen-bond acceptors (Lipinski definition) is 2. The lowest BCUT2D eigenvalue weighted by Crippen LogP contribution is -2.16. The van der Waals surface area contributed by atoms with Crippen molar-refractivity contribution in [3.05, 3.63) is 0 Å². The Kier molecular flexibility index (Phi) is 2.90. The Morgan fingerprint density at radius 3 is 2.36 bits per heavy atom. The maximum Gasteiger partial charge on any atom is 0.209 e. The second kappa shape index (κ2) is 3.54. The average molecular weight is 177 g/mol. The maximum atomic E-state index is 10.5. The lowest BCUT2D eigenvalue weighted by atomic mass is 10.2. The van der Waals surface area contributed by atoms with Crippen LogP contribution in [0.15, 0.2) is 0 Å². The van der Waals surface area contributed by atoms with E-state index in [0.29, 0.717) is 0 Å². The molecule has 1 aliphatic rings. The van der Waals surface area contributed by atoms with E-state index >= 15 is 0 Å². The predicted octanol–water partition coefficient (Wildman–Crippen LogP) is 0.855. The highest BCUT2D eigenvalue weighted by Gasteiger charge is 2.20. The summed E-state index contributed by atoms with van der Waals surface area (Å²) in [5, 5.41) is 4.84. The number of primary sulfonamides is 1. The van der Waals surface area contributed by atoms with Crippen LogP contribution in [0, 0.1) is 5.92 Å². The second-order valence-corrected chi connectivity index (χ2v) is 5.04. The summed E-state index contributed by atoms with van der Waals surface area (Å²) >= 11 is 0. The van der Waals surface area contributed by atoms with Gasteiger partial charge in [0.15, 0.2) is 0 Å². The molecule has 0 saturated heterocycles. The van der Waals surface area contributed by atoms with Crippen LogP contribution in [0.1, 0.15) is 32.1 Å². The van der Waals surface area contributed by atoms with E-state index in [1.807, 2.05) is 0 Å². The molecule has 0 aromatic heterocycles. The summed E-state index contributed by atoms with van der Waals surface area (Å²) in [5.74, 6) is 1.05. The predicted molar refractivity (Wildman–Crippen MR) is 44.5 cm³/mol. The monoisotopic (exact) mass is 177 g/mol. The molecule has 66 valence electrons. The molecule has 11 heavy (non-hydrogen) atoms. The summed E-state index contributed by atoms with van der Waals surface area (Å²) in [7, 11) is -3.20. The summed E-state index contributed by atoms with van der Waals surface area (Å²) in [5.41, 5.74) is 0. The van der Waals surface area contributed by atoms with Crippen LogP contribution in [0.2, 0.25) is 0 Å². The maximum absolute atomic E-state index is 10.5. The fraction of sp³-hybridized carbons (Fsp3) is 1.00. The van der Waals surface area contributed by atoms with Gasteiger partial charge in [-0.25, -0.2) is 13.6 Å². The standard InChI is InChI=1S/C7H15NO2S/c8-11(9,10)6-2-1-3-7-4-5-7/h7H,1-6H2,(H2,8,9,10). The zero-order chi connectivity index (χ0) is 8.32. The van der Waals surface area contributed by atoms with Gasteiger partial charge in [-0.15, -0.1) is 0 Å². The molecule has 1 fully saturated rings. The van der Waals surface area contributed by atoms with Gasteiger partial charge in [-0.1, -0.05) is 25.7 Å². The summed E-state index contributed by atoms with van der Waals surface area (Å²) in [6.07, 6.45) is 5.62. The first-order valence-corrected chi connectivity index (χ1v) is 5.80. The minimum atomic E-state index is -3.20. The summed E-state index contributed by atoms with van der Waals surface area (Å²) in [6.45, 7) is 0. The van der Waals surface area contributed by atoms with Crippen molar-refractivity contribution in [2.75, 3.05) is 5.75 Å². The minimum Gasteiger partial charge on any atom is -0.229 e. The van der Waals surface area contributed by atoms with E-state index in [1.165, 1.54) is 19.3 Å². The van der Waals surface area contributed by atoms with Gasteiger partial charge < -0.3 is 0 Å². The Balaban J connectivity index is 1.95. The molecule has 1 aliphatic carbocycles. The van der Waals surface area contributed by atoms with Crippen LogP contribution in [0.25, 0.3) is 0 Å². The van der Waals surface area contributed by atoms with Crippen molar-refractivity contribution < 1.29 is 8.42 Å². The first-order chi connectivity index (χ1) is 5.08. The van der Waals surface area contributed by atoms with E-state index in [0.717, 1.165) is 18.8 Å². The lowest BCUT2D eigenvalue weighted by Gasteiger charge is -1.97. The molecule has 3 nitrogen and oxygen atoms in total. The van der Waals surface area contributed by atoms with Gasteiger partial charge in [0.1, 0.15) is 0 Å². The molecule has 0 heterocycles. The molecule has 2 N–H and O–H groups in total. The topological polar surface area (TPSA) is 60.2 Å². The summed E-state index contributed by atoms with van der Waals surface area (Å²) in [4.78, 5) is 0. The van der Waals surface area contributed by atoms with Crippen molar-refractivity contribution in [3.63, 3.8) is 0 Å². The first kappa shape index (κ1) is 9.00. The molecule has 0 amide bonds. The first-order valence-electron chi connectivity index (χ1n) is 4.08. The van der Waals surface area contributed by atoms with Crippen LogP contribution < -0.4 is 5.14 Å². The van der Waals surface area contributed by atoms with Crippen LogP contribution in [-0.2, 0) is 10.0 Å². The molecule has 0 bridgehead atoms. The zero-order valence-electron chi connectivity index (χ0n) is 6.62. The van der Waals surface area contributed by atoms with E-state index in [2.05, 4.69) is 0 Å². The second-order valence-electron chi connectivity index (χ2n) is 3.31. The van der Waals surface area contributed by atoms with E-state index in [1.54, 1.807) is 0 Å². The highest BCUT2D eigenvalue weighted by molar-refractivity contribution is 7.89. The van der Waals surface area contributed by atoms with Crippen molar-refractivity contribution >= 4 is 10.0 Å². The third-order valence-corrected chi connectivity index (χ3v) is 2.85. The minimum absolute atomic E-state index is 0.152. The third-order valence-electron chi connectivity index (χ3n) is 1.99. The average Bonchev–Trinajstić information content (AvgIpc) is 2.60. The molecule has 0 spiro atoms. The van der Waals surface area contributed by atoms with Crippen LogP contribution in [-0.4, -0.2) is 14.2 Å². The molecular formula is C7H15NO2S. The van der Waals surface area contributed by atoms with Gasteiger partial charge in [0, 0.05) is 0 Å². The lowest BCUT2D eigenvalue weighted by molar-refractivity contribution is 0.587. The fourth-order valence-corrected chi connectivity index (χ4v) is 1.75. The van der Waals surface area contributed by atoms with Gasteiger partial charge in [0.05, 0.1) is 5.75 Å². The van der Waals surface area contributed by atoms with Crippen LogP contribution in [0.5, 0.6) is 0 Å². The molecule has 0 aromatic rings. The largest absolute Gasteiger partial charge is 0.229 e. The van der Waals surface area contributed by atoms with Gasteiger partial charge in [-0.2, -0.15) is 0 Å². The van der Waals surface area contributed by atoms with Crippen molar-refractivity contribution in [2.45, 2.75) is 32.1 Å². The summed E-state index contributed by atoms with van der Waals surface area (Å²) < 4.78 is 20.9. The van der Waals surface area contributed by atoms with Gasteiger partial charge >= 0.3 is 0 Å². The van der Waals surface area contributed by atoms with E-state index in [4.69, 9.17) is 5.14 Å². The van der Waals surface area contributed by atoms with Gasteiger partial charge in [-0.3, -0.25) is 0 Å². The van der Waals surface area contributed by atoms with Crippen LogP contribution in [0.3, 0.4) is 0 Å². The molecule has 0 radical (unpaired) electrons. The Hall–Kier alpha value is -0.0900. The van der Waals surface area contributed by atoms with Crippen LogP contribution >= 0.6 is 0 Å². The Morgan fingerprint density at radius 2 is 1.91 bits per heavy atom. The Morgan fingerprint density at radius 1 is 1.27 bits per heavy atom. The fourth-order valence-electron chi connectivity index (χ4n) is 1.14. The molecule has 1 saturated carbocycles. The van der Waals surface area contributed by atoms with Crippen LogP contribution in [0.4, 0.5) is 0 Å². The number of nitrogens with two attached hydrogens (primary N) is 1. The Bertz CT molecular complexity index is 206. The highest BCUT2D eigenvalue weighted by Crippen LogP contribution is 2.33.